The Labute approximate surface area is 201 Å². The summed E-state index contributed by atoms with van der Waals surface area (Å²) in [5.41, 5.74) is 1.45. The number of amides is 2. The molecule has 0 aliphatic rings. The number of ether oxygens (including phenoxy) is 2. The first-order valence-electron chi connectivity index (χ1n) is 10.7. The second-order valence-corrected chi connectivity index (χ2v) is 7.89. The highest BCUT2D eigenvalue weighted by molar-refractivity contribution is 5.91. The third-order valence-corrected chi connectivity index (χ3v) is 5.46. The SMILES string of the molecule is COc1ccc(OC)c(-c2cccc([C@H](CC(=O)O)NC(=O)Nc3c(O)c(C)cn(C)c3=O)c2)c1. The molecule has 2 aromatic carbocycles. The summed E-state index contributed by atoms with van der Waals surface area (Å²) in [5, 5.41) is 24.6. The number of aromatic nitrogens is 1. The molecule has 4 N–H and O–H groups in total. The minimum Gasteiger partial charge on any atom is -0.505 e. The molecule has 2 amide bonds. The fourth-order valence-corrected chi connectivity index (χ4v) is 3.70. The summed E-state index contributed by atoms with van der Waals surface area (Å²) in [4.78, 5) is 36.7. The number of rotatable bonds is 8. The van der Waals surface area contributed by atoms with Gasteiger partial charge in [0.05, 0.1) is 26.7 Å². The zero-order valence-electron chi connectivity index (χ0n) is 19.8. The zero-order valence-corrected chi connectivity index (χ0v) is 19.8. The minimum absolute atomic E-state index is 0.297. The van der Waals surface area contributed by atoms with Crippen LogP contribution >= 0.6 is 0 Å². The summed E-state index contributed by atoms with van der Waals surface area (Å²) < 4.78 is 12.0. The fourth-order valence-electron chi connectivity index (χ4n) is 3.70. The van der Waals surface area contributed by atoms with Crippen molar-refractivity contribution in [3.63, 3.8) is 0 Å². The van der Waals surface area contributed by atoms with Crippen LogP contribution in [-0.4, -0.2) is 41.0 Å². The van der Waals surface area contributed by atoms with Crippen molar-refractivity contribution >= 4 is 17.7 Å². The van der Waals surface area contributed by atoms with E-state index in [9.17, 15) is 24.6 Å². The van der Waals surface area contributed by atoms with E-state index >= 15 is 0 Å². The number of pyridine rings is 1. The lowest BCUT2D eigenvalue weighted by Gasteiger charge is -2.20. The first-order valence-corrected chi connectivity index (χ1v) is 10.7. The normalized spacial score (nSPS) is 11.4. The molecule has 0 radical (unpaired) electrons. The van der Waals surface area contributed by atoms with Gasteiger partial charge in [0.2, 0.25) is 0 Å². The van der Waals surface area contributed by atoms with Crippen LogP contribution in [0.15, 0.2) is 53.5 Å². The van der Waals surface area contributed by atoms with Gasteiger partial charge < -0.3 is 34.9 Å². The molecular weight excluding hydrogens is 454 g/mol. The smallest absolute Gasteiger partial charge is 0.319 e. The minimum atomic E-state index is -1.13. The van der Waals surface area contributed by atoms with Crippen LogP contribution < -0.4 is 25.7 Å². The summed E-state index contributed by atoms with van der Waals surface area (Å²) >= 11 is 0. The van der Waals surface area contributed by atoms with Gasteiger partial charge in [0, 0.05) is 24.4 Å². The molecule has 0 aliphatic heterocycles. The van der Waals surface area contributed by atoms with E-state index < -0.39 is 30.0 Å². The van der Waals surface area contributed by atoms with Crippen LogP contribution in [0.5, 0.6) is 17.2 Å². The molecule has 3 aromatic rings. The summed E-state index contributed by atoms with van der Waals surface area (Å²) in [7, 11) is 4.58. The molecule has 0 saturated carbocycles. The molecule has 3 rings (SSSR count). The molecule has 0 saturated heterocycles. The summed E-state index contributed by atoms with van der Waals surface area (Å²) in [6.45, 7) is 1.59. The topological polar surface area (TPSA) is 139 Å². The maximum Gasteiger partial charge on any atom is 0.319 e. The molecule has 1 aromatic heterocycles. The Hall–Kier alpha value is -4.47. The van der Waals surface area contributed by atoms with Crippen LogP contribution in [0, 0.1) is 6.92 Å². The van der Waals surface area contributed by atoms with Gasteiger partial charge in [-0.3, -0.25) is 9.59 Å². The van der Waals surface area contributed by atoms with Gasteiger partial charge >= 0.3 is 12.0 Å². The lowest BCUT2D eigenvalue weighted by atomic mass is 9.97. The van der Waals surface area contributed by atoms with Crippen LogP contribution in [0.1, 0.15) is 23.6 Å². The Bertz CT molecular complexity index is 1320. The molecule has 10 nitrogen and oxygen atoms in total. The molecule has 0 spiro atoms. The summed E-state index contributed by atoms with van der Waals surface area (Å²) in [5.74, 6) is -0.279. The number of hydrogen-bond acceptors (Lipinski definition) is 6. The number of aryl methyl sites for hydroxylation is 2. The van der Waals surface area contributed by atoms with Crippen LogP contribution in [0.25, 0.3) is 11.1 Å². The van der Waals surface area contributed by atoms with Crippen molar-refractivity contribution in [1.29, 1.82) is 0 Å². The number of urea groups is 1. The third-order valence-electron chi connectivity index (χ3n) is 5.46. The third kappa shape index (κ3) is 5.72. The number of carbonyl (C=O) groups excluding carboxylic acids is 1. The van der Waals surface area contributed by atoms with E-state index in [2.05, 4.69) is 10.6 Å². The number of nitrogens with zero attached hydrogens (tertiary/aromatic N) is 1. The summed E-state index contributed by atoms with van der Waals surface area (Å²) in [6, 6.07) is 10.5. The van der Waals surface area contributed by atoms with E-state index in [0.29, 0.717) is 22.6 Å². The van der Waals surface area contributed by atoms with E-state index in [1.54, 1.807) is 57.5 Å². The number of aromatic hydroxyl groups is 1. The van der Waals surface area contributed by atoms with Gasteiger partial charge in [-0.2, -0.15) is 0 Å². The van der Waals surface area contributed by atoms with Crippen molar-refractivity contribution in [1.82, 2.24) is 9.88 Å². The van der Waals surface area contributed by atoms with Crippen molar-refractivity contribution in [3.8, 4) is 28.4 Å². The highest BCUT2D eigenvalue weighted by Crippen LogP contribution is 2.35. The van der Waals surface area contributed by atoms with E-state index in [1.807, 2.05) is 6.07 Å². The van der Waals surface area contributed by atoms with Gasteiger partial charge in [-0.25, -0.2) is 4.79 Å². The number of carboxylic acid groups (broad SMARTS) is 1. The average molecular weight is 482 g/mol. The second kappa shape index (κ2) is 10.6. The molecule has 1 heterocycles. The number of carboxylic acids is 1. The molecule has 35 heavy (non-hydrogen) atoms. The average Bonchev–Trinajstić information content (AvgIpc) is 2.84. The van der Waals surface area contributed by atoms with E-state index in [-0.39, 0.29) is 11.4 Å². The number of carbonyl (C=O) groups is 2. The largest absolute Gasteiger partial charge is 0.505 e. The standard InChI is InChI=1S/C25H27N3O7/c1-14-13-28(2)24(32)22(23(14)31)27-25(33)26-19(12-21(29)30)16-7-5-6-15(10-16)18-11-17(34-3)8-9-20(18)35-4/h5-11,13,19,31H,12H2,1-4H3,(H,29,30)(H2,26,27,33)/t19-/m0/s1. The first-order chi connectivity index (χ1) is 16.6. The second-order valence-electron chi connectivity index (χ2n) is 7.89. The first kappa shape index (κ1) is 25.2. The van der Waals surface area contributed by atoms with Crippen molar-refractivity contribution in [2.45, 2.75) is 19.4 Å². The molecule has 184 valence electrons. The summed E-state index contributed by atoms with van der Waals surface area (Å²) in [6.07, 6.45) is 1.02. The van der Waals surface area contributed by atoms with Gasteiger partial charge in [-0.15, -0.1) is 0 Å². The number of nitrogens with one attached hydrogen (secondary N) is 2. The van der Waals surface area contributed by atoms with Gasteiger partial charge in [0.1, 0.15) is 17.2 Å². The van der Waals surface area contributed by atoms with Gasteiger partial charge in [0.15, 0.2) is 5.69 Å². The molecule has 0 aliphatic carbocycles. The maximum absolute atomic E-state index is 12.7. The number of methoxy groups -OCH3 is 2. The number of anilines is 1. The van der Waals surface area contributed by atoms with Crippen molar-refractivity contribution in [3.05, 3.63) is 70.1 Å². The predicted molar refractivity (Wildman–Crippen MR) is 130 cm³/mol. The molecule has 10 heteroatoms. The Morgan fingerprint density at radius 1 is 1.11 bits per heavy atom. The van der Waals surface area contributed by atoms with Crippen molar-refractivity contribution < 1.29 is 29.3 Å². The highest BCUT2D eigenvalue weighted by Gasteiger charge is 2.21. The van der Waals surface area contributed by atoms with E-state index in [1.165, 1.54) is 17.8 Å². The fraction of sp³-hybridized carbons (Fsp3) is 0.240. The molecule has 0 bridgehead atoms. The zero-order chi connectivity index (χ0) is 25.7. The van der Waals surface area contributed by atoms with Crippen LogP contribution in [0.2, 0.25) is 0 Å². The maximum atomic E-state index is 12.7. The molecule has 1 atom stereocenters. The Kier molecular flexibility index (Phi) is 7.65. The number of hydrogen-bond donors (Lipinski definition) is 4. The molecular formula is C25H27N3O7. The Balaban J connectivity index is 1.94. The van der Waals surface area contributed by atoms with Crippen molar-refractivity contribution in [2.24, 2.45) is 7.05 Å². The lowest BCUT2D eigenvalue weighted by Crippen LogP contribution is -2.36. The lowest BCUT2D eigenvalue weighted by molar-refractivity contribution is -0.137. The van der Waals surface area contributed by atoms with Gasteiger partial charge in [-0.05, 0) is 42.3 Å². The Morgan fingerprint density at radius 3 is 2.51 bits per heavy atom. The highest BCUT2D eigenvalue weighted by atomic mass is 16.5. The van der Waals surface area contributed by atoms with Crippen LogP contribution in [0.3, 0.4) is 0 Å². The Morgan fingerprint density at radius 2 is 1.86 bits per heavy atom. The van der Waals surface area contributed by atoms with Crippen LogP contribution in [0.4, 0.5) is 10.5 Å². The monoisotopic (exact) mass is 481 g/mol. The number of benzene rings is 2. The van der Waals surface area contributed by atoms with Gasteiger partial charge in [0.25, 0.3) is 5.56 Å². The van der Waals surface area contributed by atoms with Crippen molar-refractivity contribution in [2.75, 3.05) is 19.5 Å². The van der Waals surface area contributed by atoms with Gasteiger partial charge in [-0.1, -0.05) is 18.2 Å². The van der Waals surface area contributed by atoms with E-state index in [0.717, 1.165) is 11.1 Å². The van der Waals surface area contributed by atoms with Crippen LogP contribution in [-0.2, 0) is 11.8 Å². The number of aliphatic carboxylic acids is 1. The van der Waals surface area contributed by atoms with E-state index in [4.69, 9.17) is 9.47 Å². The quantitative estimate of drug-likeness (QED) is 0.387. The molecule has 0 fully saturated rings. The molecule has 0 unspecified atom stereocenters. The predicted octanol–water partition coefficient (Wildman–Crippen LogP) is 3.42.